The van der Waals surface area contributed by atoms with Crippen LogP contribution in [-0.2, 0) is 13.0 Å². The molecule has 25 heavy (non-hydrogen) atoms. The lowest BCUT2D eigenvalue weighted by Gasteiger charge is -2.28. The molecule has 0 fully saturated rings. The maximum Gasteiger partial charge on any atom is 0.391 e. The molecule has 0 bridgehead atoms. The molecule has 8 heteroatoms. The molecule has 0 radical (unpaired) electrons. The summed E-state index contributed by atoms with van der Waals surface area (Å²) in [5.74, 6) is 0.411. The minimum absolute atomic E-state index is 0.411. The quantitative estimate of drug-likeness (QED) is 0.743. The van der Waals surface area contributed by atoms with Gasteiger partial charge in [-0.05, 0) is 38.8 Å². The van der Waals surface area contributed by atoms with Crippen molar-refractivity contribution >= 4 is 17.4 Å². The molecule has 0 aliphatic heterocycles. The van der Waals surface area contributed by atoms with Crippen LogP contribution in [0.25, 0.3) is 11.3 Å². The summed E-state index contributed by atoms with van der Waals surface area (Å²) in [5.41, 5.74) is 1.40. The second-order valence-corrected chi connectivity index (χ2v) is 6.95. The number of anilines is 1. The Balaban J connectivity index is 2.35. The summed E-state index contributed by atoms with van der Waals surface area (Å²) in [5, 5.41) is 7.63. The summed E-state index contributed by atoms with van der Waals surface area (Å²) in [4.78, 5) is 4.30. The van der Waals surface area contributed by atoms with Gasteiger partial charge in [0.15, 0.2) is 0 Å². The smallest absolute Gasteiger partial charge is 0.365 e. The van der Waals surface area contributed by atoms with Gasteiger partial charge in [-0.2, -0.15) is 18.3 Å². The van der Waals surface area contributed by atoms with E-state index in [0.717, 1.165) is 16.8 Å². The zero-order chi connectivity index (χ0) is 18.8. The van der Waals surface area contributed by atoms with Crippen molar-refractivity contribution in [2.75, 3.05) is 5.32 Å². The first kappa shape index (κ1) is 19.6. The van der Waals surface area contributed by atoms with Crippen molar-refractivity contribution in [3.8, 4) is 11.3 Å². The van der Waals surface area contributed by atoms with Crippen LogP contribution in [0.4, 0.5) is 19.0 Å². The van der Waals surface area contributed by atoms with Gasteiger partial charge in [0.05, 0.1) is 23.3 Å². The van der Waals surface area contributed by atoms with Gasteiger partial charge in [-0.15, -0.1) is 0 Å². The lowest BCUT2D eigenvalue weighted by Crippen LogP contribution is -2.36. The fraction of sp³-hybridized carbons (Fsp3) is 0.529. The maximum absolute atomic E-state index is 12.7. The average molecular weight is 375 g/mol. The molecule has 0 spiro atoms. The first-order valence-electron chi connectivity index (χ1n) is 8.12. The van der Waals surface area contributed by atoms with E-state index in [9.17, 15) is 13.2 Å². The Bertz CT molecular complexity index is 738. The fourth-order valence-electron chi connectivity index (χ4n) is 2.83. The SMILES string of the molecule is CCc1cc(NC(C)(C)CC(F)(F)F)ncc1-c1c(Cl)cnn1CC. The lowest BCUT2D eigenvalue weighted by molar-refractivity contribution is -0.142. The van der Waals surface area contributed by atoms with Crippen LogP contribution in [0.2, 0.25) is 5.02 Å². The molecule has 2 aromatic rings. The van der Waals surface area contributed by atoms with Crippen molar-refractivity contribution in [3.05, 3.63) is 29.0 Å². The van der Waals surface area contributed by atoms with Gasteiger partial charge in [0, 0.05) is 23.8 Å². The van der Waals surface area contributed by atoms with Crippen molar-refractivity contribution in [1.82, 2.24) is 14.8 Å². The van der Waals surface area contributed by atoms with Crippen molar-refractivity contribution in [1.29, 1.82) is 0 Å². The maximum atomic E-state index is 12.7. The number of pyridine rings is 1. The molecule has 2 rings (SSSR count). The van der Waals surface area contributed by atoms with Gasteiger partial charge in [0.25, 0.3) is 0 Å². The Kier molecular flexibility index (Phi) is 5.66. The van der Waals surface area contributed by atoms with Crippen LogP contribution in [0.1, 0.15) is 39.7 Å². The number of aromatic nitrogens is 3. The van der Waals surface area contributed by atoms with Crippen LogP contribution in [-0.4, -0.2) is 26.5 Å². The van der Waals surface area contributed by atoms with Gasteiger partial charge in [0.2, 0.25) is 0 Å². The zero-order valence-electron chi connectivity index (χ0n) is 14.7. The van der Waals surface area contributed by atoms with Crippen LogP contribution in [0.5, 0.6) is 0 Å². The van der Waals surface area contributed by atoms with Crippen LogP contribution < -0.4 is 5.32 Å². The first-order valence-corrected chi connectivity index (χ1v) is 8.49. The van der Waals surface area contributed by atoms with Crippen LogP contribution in [0.3, 0.4) is 0 Å². The van der Waals surface area contributed by atoms with Gasteiger partial charge < -0.3 is 5.32 Å². The summed E-state index contributed by atoms with van der Waals surface area (Å²) in [7, 11) is 0. The predicted molar refractivity (Wildman–Crippen MR) is 93.9 cm³/mol. The molecule has 2 heterocycles. The molecular weight excluding hydrogens is 353 g/mol. The molecule has 138 valence electrons. The van der Waals surface area contributed by atoms with Crippen LogP contribution in [0, 0.1) is 0 Å². The molecule has 0 aliphatic rings. The van der Waals surface area contributed by atoms with Crippen LogP contribution >= 0.6 is 11.6 Å². The third-order valence-electron chi connectivity index (χ3n) is 3.83. The van der Waals surface area contributed by atoms with E-state index >= 15 is 0 Å². The van der Waals surface area contributed by atoms with Gasteiger partial charge in [0.1, 0.15) is 5.82 Å². The molecular formula is C17H22ClF3N4. The minimum atomic E-state index is -4.24. The van der Waals surface area contributed by atoms with Crippen LogP contribution in [0.15, 0.2) is 18.5 Å². The monoisotopic (exact) mass is 374 g/mol. The van der Waals surface area contributed by atoms with Gasteiger partial charge >= 0.3 is 6.18 Å². The Morgan fingerprint density at radius 2 is 1.88 bits per heavy atom. The van der Waals surface area contributed by atoms with E-state index in [-0.39, 0.29) is 0 Å². The molecule has 0 atom stereocenters. The molecule has 0 amide bonds. The summed E-state index contributed by atoms with van der Waals surface area (Å²) in [6.45, 7) is 7.60. The van der Waals surface area contributed by atoms with Gasteiger partial charge in [-0.1, -0.05) is 18.5 Å². The number of alkyl halides is 3. The Morgan fingerprint density at radius 1 is 1.20 bits per heavy atom. The molecule has 2 aromatic heterocycles. The number of hydrogen-bond donors (Lipinski definition) is 1. The largest absolute Gasteiger partial charge is 0.391 e. The third kappa shape index (κ3) is 4.87. The Hall–Kier alpha value is -1.76. The third-order valence-corrected chi connectivity index (χ3v) is 4.11. The number of hydrogen-bond acceptors (Lipinski definition) is 3. The highest BCUT2D eigenvalue weighted by molar-refractivity contribution is 6.33. The molecule has 4 nitrogen and oxygen atoms in total. The van der Waals surface area contributed by atoms with Crippen molar-refractivity contribution in [2.45, 2.75) is 58.8 Å². The van der Waals surface area contributed by atoms with Gasteiger partial charge in [-0.25, -0.2) is 4.98 Å². The van der Waals surface area contributed by atoms with E-state index in [1.807, 2.05) is 13.8 Å². The van der Waals surface area contributed by atoms with E-state index in [1.165, 1.54) is 13.8 Å². The first-order chi connectivity index (χ1) is 11.6. The second-order valence-electron chi connectivity index (χ2n) is 6.54. The molecule has 0 aliphatic carbocycles. The van der Waals surface area contributed by atoms with E-state index in [2.05, 4.69) is 15.4 Å². The number of nitrogens with zero attached hydrogens (tertiary/aromatic N) is 3. The topological polar surface area (TPSA) is 42.7 Å². The standard InChI is InChI=1S/C17H22ClF3N4/c1-5-11-7-14(24-16(3,4)10-17(19,20)21)22-8-12(11)15-13(18)9-23-25(15)6-2/h7-9H,5-6,10H2,1-4H3,(H,22,24). The highest BCUT2D eigenvalue weighted by Gasteiger charge is 2.36. The molecule has 0 saturated heterocycles. The summed E-state index contributed by atoms with van der Waals surface area (Å²) in [6, 6.07) is 1.77. The van der Waals surface area contributed by atoms with E-state index in [4.69, 9.17) is 11.6 Å². The molecule has 1 N–H and O–H groups in total. The lowest BCUT2D eigenvalue weighted by atomic mass is 9.99. The average Bonchev–Trinajstić information content (AvgIpc) is 2.85. The van der Waals surface area contributed by atoms with Crippen molar-refractivity contribution < 1.29 is 13.2 Å². The Labute approximate surface area is 150 Å². The molecule has 0 unspecified atom stereocenters. The predicted octanol–water partition coefficient (Wildman–Crippen LogP) is 5.32. The summed E-state index contributed by atoms with van der Waals surface area (Å²) in [6.07, 6.45) is -1.28. The fourth-order valence-corrected chi connectivity index (χ4v) is 3.08. The van der Waals surface area contributed by atoms with E-state index in [1.54, 1.807) is 23.1 Å². The molecule has 0 aromatic carbocycles. The highest BCUT2D eigenvalue weighted by atomic mass is 35.5. The Morgan fingerprint density at radius 3 is 2.44 bits per heavy atom. The minimum Gasteiger partial charge on any atom is -0.365 e. The summed E-state index contributed by atoms with van der Waals surface area (Å²) < 4.78 is 39.9. The number of halogens is 4. The second kappa shape index (κ2) is 7.23. The van der Waals surface area contributed by atoms with Gasteiger partial charge in [-0.3, -0.25) is 4.68 Å². The van der Waals surface area contributed by atoms with Crippen molar-refractivity contribution in [2.24, 2.45) is 0 Å². The van der Waals surface area contributed by atoms with E-state index in [0.29, 0.717) is 23.8 Å². The highest BCUT2D eigenvalue weighted by Crippen LogP contribution is 2.33. The van der Waals surface area contributed by atoms with Crippen molar-refractivity contribution in [3.63, 3.8) is 0 Å². The molecule has 0 saturated carbocycles. The normalized spacial score (nSPS) is 12.5. The number of aryl methyl sites for hydroxylation is 2. The number of rotatable bonds is 6. The zero-order valence-corrected chi connectivity index (χ0v) is 15.5. The number of nitrogens with one attached hydrogen (secondary N) is 1. The van der Waals surface area contributed by atoms with E-state index < -0.39 is 18.1 Å². The summed E-state index contributed by atoms with van der Waals surface area (Å²) >= 11 is 6.25.